The number of carbonyl (C=O) groups is 1. The van der Waals surface area contributed by atoms with Gasteiger partial charge in [-0.3, -0.25) is 9.78 Å². The molecule has 0 aliphatic carbocycles. The van der Waals surface area contributed by atoms with Crippen LogP contribution in [-0.4, -0.2) is 36.0 Å². The Morgan fingerprint density at radius 2 is 2.18 bits per heavy atom. The average Bonchev–Trinajstić information content (AvgIpc) is 2.68. The average molecular weight is 361 g/mol. The van der Waals surface area contributed by atoms with E-state index in [2.05, 4.69) is 25.9 Å². The standard InChI is InChI=1S/C15H10BrFN4O/c1-18-21-6-15(7-21)13-8-3-9(16)10(17)4-11(8)19-5-12(13)20(2)14(15)22/h3-5H,6-7H2,2H3. The van der Waals surface area contributed by atoms with Crippen LogP contribution in [0.15, 0.2) is 22.8 Å². The molecule has 1 amide bonds. The van der Waals surface area contributed by atoms with Crippen LogP contribution in [0.4, 0.5) is 10.1 Å². The van der Waals surface area contributed by atoms with Gasteiger partial charge in [0, 0.05) is 24.1 Å². The largest absolute Gasteiger partial charge is 0.313 e. The highest BCUT2D eigenvalue weighted by atomic mass is 79.9. The summed E-state index contributed by atoms with van der Waals surface area (Å²) in [5.74, 6) is -0.416. The number of likely N-dealkylation sites (N-methyl/N-ethyl adjacent to an activating group) is 1. The molecular formula is C15H10BrFN4O. The lowest BCUT2D eigenvalue weighted by Gasteiger charge is -2.39. The summed E-state index contributed by atoms with van der Waals surface area (Å²) < 4.78 is 14.1. The summed E-state index contributed by atoms with van der Waals surface area (Å²) in [6.45, 7) is 7.81. The zero-order chi connectivity index (χ0) is 15.6. The first-order valence-electron chi connectivity index (χ1n) is 6.66. The zero-order valence-corrected chi connectivity index (χ0v) is 13.2. The number of pyridine rings is 1. The quantitative estimate of drug-likeness (QED) is 0.677. The van der Waals surface area contributed by atoms with Gasteiger partial charge in [-0.2, -0.15) is 11.5 Å². The number of hydrogen-bond acceptors (Lipinski definition) is 3. The Kier molecular flexibility index (Phi) is 2.55. The van der Waals surface area contributed by atoms with Gasteiger partial charge in [0.2, 0.25) is 5.91 Å². The Labute approximate surface area is 134 Å². The van der Waals surface area contributed by atoms with Crippen LogP contribution in [0.25, 0.3) is 15.9 Å². The molecule has 0 unspecified atom stereocenters. The van der Waals surface area contributed by atoms with E-state index in [-0.39, 0.29) is 11.7 Å². The molecule has 1 aromatic heterocycles. The van der Waals surface area contributed by atoms with Crippen molar-refractivity contribution in [3.63, 3.8) is 0 Å². The number of nitrogens with zero attached hydrogens (tertiary/aromatic N) is 4. The molecule has 0 saturated carbocycles. The number of rotatable bonds is 0. The minimum absolute atomic E-state index is 0.0304. The van der Waals surface area contributed by atoms with Gasteiger partial charge in [-0.25, -0.2) is 4.39 Å². The Morgan fingerprint density at radius 3 is 2.86 bits per heavy atom. The fourth-order valence-electron chi connectivity index (χ4n) is 3.41. The van der Waals surface area contributed by atoms with E-state index in [1.165, 1.54) is 11.1 Å². The minimum atomic E-state index is -0.715. The lowest BCUT2D eigenvalue weighted by molar-refractivity contribution is -0.127. The van der Waals surface area contributed by atoms with Crippen LogP contribution in [0.5, 0.6) is 0 Å². The molecule has 1 aromatic carbocycles. The van der Waals surface area contributed by atoms with E-state index in [1.807, 2.05) is 0 Å². The van der Waals surface area contributed by atoms with Crippen LogP contribution in [0.1, 0.15) is 5.56 Å². The summed E-state index contributed by atoms with van der Waals surface area (Å²) in [5, 5.41) is 2.29. The van der Waals surface area contributed by atoms with Gasteiger partial charge < -0.3 is 4.90 Å². The number of aromatic nitrogens is 1. The lowest BCUT2D eigenvalue weighted by Crippen LogP contribution is -2.61. The molecule has 0 atom stereocenters. The molecule has 1 fully saturated rings. The Bertz CT molecular complexity index is 885. The number of anilines is 1. The van der Waals surface area contributed by atoms with Crippen molar-refractivity contribution in [1.29, 1.82) is 0 Å². The van der Waals surface area contributed by atoms with Gasteiger partial charge in [0.15, 0.2) is 0 Å². The maximum atomic E-state index is 13.7. The van der Waals surface area contributed by atoms with Crippen LogP contribution in [0.2, 0.25) is 0 Å². The van der Waals surface area contributed by atoms with Crippen molar-refractivity contribution in [3.8, 4) is 0 Å². The highest BCUT2D eigenvalue weighted by molar-refractivity contribution is 9.10. The molecule has 0 bridgehead atoms. The van der Waals surface area contributed by atoms with Gasteiger partial charge >= 0.3 is 0 Å². The van der Waals surface area contributed by atoms with Crippen LogP contribution in [-0.2, 0) is 10.2 Å². The Balaban J connectivity index is 2.03. The number of fused-ring (bicyclic) bond motifs is 4. The molecule has 2 aliphatic rings. The van der Waals surface area contributed by atoms with E-state index in [0.29, 0.717) is 23.1 Å². The van der Waals surface area contributed by atoms with Crippen molar-refractivity contribution in [2.45, 2.75) is 5.41 Å². The zero-order valence-electron chi connectivity index (χ0n) is 11.6. The third kappa shape index (κ3) is 1.45. The number of benzene rings is 1. The Hall–Kier alpha value is -2.20. The molecule has 22 heavy (non-hydrogen) atoms. The number of hydrogen-bond donors (Lipinski definition) is 0. The van der Waals surface area contributed by atoms with Crippen LogP contribution in [0.3, 0.4) is 0 Å². The normalized spacial score (nSPS) is 18.5. The van der Waals surface area contributed by atoms with E-state index < -0.39 is 5.41 Å². The number of amides is 1. The van der Waals surface area contributed by atoms with Gasteiger partial charge in [-0.1, -0.05) is 0 Å². The maximum Gasteiger partial charge on any atom is 0.241 e. The summed E-state index contributed by atoms with van der Waals surface area (Å²) >= 11 is 3.20. The first-order chi connectivity index (χ1) is 10.5. The third-order valence-electron chi connectivity index (χ3n) is 4.49. The van der Waals surface area contributed by atoms with Gasteiger partial charge in [0.05, 0.1) is 21.9 Å². The second-order valence-electron chi connectivity index (χ2n) is 5.67. The SMILES string of the molecule is [C-]#[N+]N1CC2(C1)C(=O)N(C)c1cnc3cc(F)c(Br)cc3c12. The summed E-state index contributed by atoms with van der Waals surface area (Å²) in [7, 11) is 1.71. The van der Waals surface area contributed by atoms with Gasteiger partial charge in [0.25, 0.3) is 0 Å². The van der Waals surface area contributed by atoms with Crippen LogP contribution < -0.4 is 4.90 Å². The fourth-order valence-corrected chi connectivity index (χ4v) is 3.76. The highest BCUT2D eigenvalue weighted by Gasteiger charge is 2.61. The first kappa shape index (κ1) is 13.5. The van der Waals surface area contributed by atoms with Crippen LogP contribution in [0, 0.1) is 12.4 Å². The molecule has 2 aliphatic heterocycles. The van der Waals surface area contributed by atoms with Gasteiger partial charge in [-0.05, 0) is 22.0 Å². The van der Waals surface area contributed by atoms with Gasteiger partial charge in [-0.15, -0.1) is 5.01 Å². The second-order valence-corrected chi connectivity index (χ2v) is 6.53. The van der Waals surface area contributed by atoms with Crippen molar-refractivity contribution in [3.05, 3.63) is 45.7 Å². The first-order valence-corrected chi connectivity index (χ1v) is 7.46. The Morgan fingerprint density at radius 1 is 1.45 bits per heavy atom. The van der Waals surface area contributed by atoms with Gasteiger partial charge in [0.1, 0.15) is 24.3 Å². The molecule has 0 radical (unpaired) electrons. The minimum Gasteiger partial charge on any atom is -0.313 e. The number of halogens is 2. The molecule has 7 heteroatoms. The van der Waals surface area contributed by atoms with Crippen molar-refractivity contribution in [2.24, 2.45) is 0 Å². The van der Waals surface area contributed by atoms with E-state index in [0.717, 1.165) is 16.6 Å². The molecule has 5 nitrogen and oxygen atoms in total. The molecule has 0 N–H and O–H groups in total. The van der Waals surface area contributed by atoms with E-state index in [1.54, 1.807) is 24.2 Å². The number of carbonyl (C=O) groups excluding carboxylic acids is 1. The monoisotopic (exact) mass is 360 g/mol. The highest BCUT2D eigenvalue weighted by Crippen LogP contribution is 2.49. The summed E-state index contributed by atoms with van der Waals surface area (Å²) in [6, 6.07) is 3.03. The smallest absolute Gasteiger partial charge is 0.241 e. The second kappa shape index (κ2) is 4.17. The predicted molar refractivity (Wildman–Crippen MR) is 82.7 cm³/mol. The summed E-state index contributed by atoms with van der Waals surface area (Å²) in [4.78, 5) is 21.9. The van der Waals surface area contributed by atoms with Crippen molar-refractivity contribution < 1.29 is 9.18 Å². The molecule has 3 heterocycles. The molecule has 110 valence electrons. The molecule has 4 rings (SSSR count). The summed E-state index contributed by atoms with van der Waals surface area (Å²) in [6.07, 6.45) is 1.61. The molecular weight excluding hydrogens is 351 g/mol. The maximum absolute atomic E-state index is 13.7. The van der Waals surface area contributed by atoms with Crippen LogP contribution >= 0.6 is 15.9 Å². The molecule has 2 aromatic rings. The van der Waals surface area contributed by atoms with Crippen molar-refractivity contribution in [2.75, 3.05) is 25.0 Å². The summed E-state index contributed by atoms with van der Waals surface area (Å²) in [5.41, 5.74) is 1.39. The molecule has 1 saturated heterocycles. The molecule has 1 spiro atoms. The van der Waals surface area contributed by atoms with E-state index >= 15 is 0 Å². The van der Waals surface area contributed by atoms with Crippen molar-refractivity contribution >= 4 is 38.4 Å². The topological polar surface area (TPSA) is 40.8 Å². The van der Waals surface area contributed by atoms with Crippen molar-refractivity contribution in [1.82, 2.24) is 9.99 Å². The van der Waals surface area contributed by atoms with E-state index in [9.17, 15) is 9.18 Å². The predicted octanol–water partition coefficient (Wildman–Crippen LogP) is 2.50. The van der Waals surface area contributed by atoms with E-state index in [4.69, 9.17) is 6.57 Å². The lowest BCUT2D eigenvalue weighted by atomic mass is 9.74. The fraction of sp³-hybridized carbons (Fsp3) is 0.267. The third-order valence-corrected chi connectivity index (χ3v) is 5.10.